The Hall–Kier alpha value is -2.53. The number of aliphatic carboxylic acids is 1. The van der Waals surface area contributed by atoms with Crippen LogP contribution in [0, 0.1) is 0 Å². The first kappa shape index (κ1) is 16.8. The second kappa shape index (κ2) is 7.15. The third-order valence-electron chi connectivity index (χ3n) is 3.31. The predicted octanol–water partition coefficient (Wildman–Crippen LogP) is 3.22. The van der Waals surface area contributed by atoms with E-state index in [1.807, 2.05) is 0 Å². The number of carboxylic acid groups (broad SMARTS) is 1. The van der Waals surface area contributed by atoms with Crippen molar-refractivity contribution in [2.45, 2.75) is 6.42 Å². The summed E-state index contributed by atoms with van der Waals surface area (Å²) in [6.45, 7) is 0. The van der Waals surface area contributed by atoms with Crippen LogP contribution in [0.15, 0.2) is 36.4 Å². The Morgan fingerprint density at radius 3 is 2.43 bits per heavy atom. The van der Waals surface area contributed by atoms with Crippen molar-refractivity contribution in [2.24, 2.45) is 0 Å². The van der Waals surface area contributed by atoms with E-state index in [2.05, 4.69) is 0 Å². The molecule has 0 amide bonds. The van der Waals surface area contributed by atoms with E-state index in [-0.39, 0.29) is 23.3 Å². The fourth-order valence-electron chi connectivity index (χ4n) is 2.29. The van der Waals surface area contributed by atoms with E-state index in [0.717, 1.165) is 0 Å². The van der Waals surface area contributed by atoms with Gasteiger partial charge in [-0.25, -0.2) is 0 Å². The number of para-hydroxylation sites is 1. The molecule has 2 aromatic carbocycles. The first-order valence-electron chi connectivity index (χ1n) is 6.73. The number of hydrogen-bond donors (Lipinski definition) is 1. The largest absolute Gasteiger partial charge is 0.493 e. The Bertz CT molecular complexity index is 755. The number of methoxy groups -OCH3 is 2. The minimum absolute atomic E-state index is 0.228. The summed E-state index contributed by atoms with van der Waals surface area (Å²) in [5.74, 6) is -0.695. The number of carbonyl (C=O) groups excluding carboxylic acids is 1. The standard InChI is InChI=1S/C17H15ClO5/c1-22-14-5-3-4-12(17(14)23-2)16(21)13-9-11(18)7-6-10(13)8-15(19)20/h3-7,9H,8H2,1-2H3,(H,19,20). The van der Waals surface area contributed by atoms with Gasteiger partial charge in [-0.05, 0) is 29.8 Å². The van der Waals surface area contributed by atoms with Crippen LogP contribution in [-0.2, 0) is 11.2 Å². The SMILES string of the molecule is COc1cccc(C(=O)c2cc(Cl)ccc2CC(=O)O)c1OC. The number of ether oxygens (including phenoxy) is 2. The molecule has 0 bridgehead atoms. The molecule has 0 aliphatic heterocycles. The number of halogens is 1. The van der Waals surface area contributed by atoms with Gasteiger partial charge in [-0.1, -0.05) is 23.7 Å². The molecule has 0 atom stereocenters. The molecule has 1 N–H and O–H groups in total. The Labute approximate surface area is 138 Å². The molecule has 5 nitrogen and oxygen atoms in total. The number of rotatable bonds is 6. The summed E-state index contributed by atoms with van der Waals surface area (Å²) < 4.78 is 10.5. The van der Waals surface area contributed by atoms with Crippen LogP contribution >= 0.6 is 11.6 Å². The first-order chi connectivity index (χ1) is 11.0. The van der Waals surface area contributed by atoms with Gasteiger partial charge < -0.3 is 14.6 Å². The van der Waals surface area contributed by atoms with Crippen LogP contribution in [0.25, 0.3) is 0 Å². The Kier molecular flexibility index (Phi) is 5.24. The second-order valence-corrected chi connectivity index (χ2v) is 5.18. The highest BCUT2D eigenvalue weighted by Gasteiger charge is 2.21. The molecule has 0 aliphatic carbocycles. The van der Waals surface area contributed by atoms with Gasteiger partial charge in [0.25, 0.3) is 0 Å². The van der Waals surface area contributed by atoms with Gasteiger partial charge in [-0.15, -0.1) is 0 Å². The van der Waals surface area contributed by atoms with Crippen molar-refractivity contribution in [1.29, 1.82) is 0 Å². The van der Waals surface area contributed by atoms with Gasteiger partial charge in [0.1, 0.15) is 0 Å². The molecule has 0 saturated heterocycles. The lowest BCUT2D eigenvalue weighted by molar-refractivity contribution is -0.136. The summed E-state index contributed by atoms with van der Waals surface area (Å²) >= 11 is 5.96. The topological polar surface area (TPSA) is 72.8 Å². The molecule has 2 rings (SSSR count). The van der Waals surface area contributed by atoms with Gasteiger partial charge in [-0.3, -0.25) is 9.59 Å². The zero-order valence-corrected chi connectivity index (χ0v) is 13.4. The minimum Gasteiger partial charge on any atom is -0.493 e. The number of carboxylic acids is 1. The van der Waals surface area contributed by atoms with E-state index in [9.17, 15) is 9.59 Å². The normalized spacial score (nSPS) is 10.2. The Balaban J connectivity index is 2.57. The van der Waals surface area contributed by atoms with Gasteiger partial charge in [0.15, 0.2) is 17.3 Å². The lowest BCUT2D eigenvalue weighted by Gasteiger charge is -2.13. The van der Waals surface area contributed by atoms with Crippen LogP contribution in [0.3, 0.4) is 0 Å². The van der Waals surface area contributed by atoms with Crippen LogP contribution in [0.4, 0.5) is 0 Å². The van der Waals surface area contributed by atoms with Gasteiger partial charge in [-0.2, -0.15) is 0 Å². The van der Waals surface area contributed by atoms with Crippen LogP contribution in [0.5, 0.6) is 11.5 Å². The predicted molar refractivity (Wildman–Crippen MR) is 85.8 cm³/mol. The number of benzene rings is 2. The molecule has 2 aromatic rings. The molecule has 0 aromatic heterocycles. The fraction of sp³-hybridized carbons (Fsp3) is 0.176. The van der Waals surface area contributed by atoms with Gasteiger partial charge >= 0.3 is 5.97 Å². The van der Waals surface area contributed by atoms with Gasteiger partial charge in [0.2, 0.25) is 0 Å². The molecule has 23 heavy (non-hydrogen) atoms. The maximum Gasteiger partial charge on any atom is 0.307 e. The molecule has 0 saturated carbocycles. The van der Waals surface area contributed by atoms with E-state index < -0.39 is 5.97 Å². The molecule has 0 radical (unpaired) electrons. The molecular formula is C17H15ClO5. The minimum atomic E-state index is -1.03. The highest BCUT2D eigenvalue weighted by molar-refractivity contribution is 6.31. The monoisotopic (exact) mass is 334 g/mol. The Morgan fingerprint density at radius 2 is 1.83 bits per heavy atom. The number of hydrogen-bond acceptors (Lipinski definition) is 4. The van der Waals surface area contributed by atoms with Crippen molar-refractivity contribution in [3.05, 3.63) is 58.1 Å². The fourth-order valence-corrected chi connectivity index (χ4v) is 2.46. The van der Waals surface area contributed by atoms with E-state index in [4.69, 9.17) is 26.2 Å². The third-order valence-corrected chi connectivity index (χ3v) is 3.54. The maximum atomic E-state index is 12.9. The summed E-state index contributed by atoms with van der Waals surface area (Å²) in [6, 6.07) is 9.48. The summed E-state index contributed by atoms with van der Waals surface area (Å²) in [4.78, 5) is 23.9. The van der Waals surface area contributed by atoms with Crippen LogP contribution in [-0.4, -0.2) is 31.1 Å². The van der Waals surface area contributed by atoms with E-state index in [1.54, 1.807) is 24.3 Å². The lowest BCUT2D eigenvalue weighted by atomic mass is 9.96. The van der Waals surface area contributed by atoms with E-state index in [0.29, 0.717) is 22.1 Å². The number of ketones is 1. The van der Waals surface area contributed by atoms with Crippen LogP contribution < -0.4 is 9.47 Å². The first-order valence-corrected chi connectivity index (χ1v) is 7.11. The number of carbonyl (C=O) groups is 2. The van der Waals surface area contributed by atoms with E-state index in [1.165, 1.54) is 26.4 Å². The molecule has 0 heterocycles. The molecular weight excluding hydrogens is 320 g/mol. The van der Waals surface area contributed by atoms with Crippen molar-refractivity contribution >= 4 is 23.4 Å². The average molecular weight is 335 g/mol. The van der Waals surface area contributed by atoms with Gasteiger partial charge in [0.05, 0.1) is 26.2 Å². The lowest BCUT2D eigenvalue weighted by Crippen LogP contribution is -2.11. The summed E-state index contributed by atoms with van der Waals surface area (Å²) in [5.41, 5.74) is 0.893. The highest BCUT2D eigenvalue weighted by Crippen LogP contribution is 2.33. The van der Waals surface area contributed by atoms with Crippen LogP contribution in [0.1, 0.15) is 21.5 Å². The van der Waals surface area contributed by atoms with Crippen molar-refractivity contribution in [2.75, 3.05) is 14.2 Å². The molecule has 0 fully saturated rings. The molecule has 0 aliphatic rings. The van der Waals surface area contributed by atoms with E-state index >= 15 is 0 Å². The highest BCUT2D eigenvalue weighted by atomic mass is 35.5. The zero-order valence-electron chi connectivity index (χ0n) is 12.6. The summed E-state index contributed by atoms with van der Waals surface area (Å²) in [7, 11) is 2.91. The summed E-state index contributed by atoms with van der Waals surface area (Å²) in [5, 5.41) is 9.36. The second-order valence-electron chi connectivity index (χ2n) is 4.74. The summed E-state index contributed by atoms with van der Waals surface area (Å²) in [6.07, 6.45) is -0.273. The molecule has 120 valence electrons. The quantitative estimate of drug-likeness (QED) is 0.821. The molecule has 6 heteroatoms. The van der Waals surface area contributed by atoms with Crippen molar-refractivity contribution in [3.8, 4) is 11.5 Å². The van der Waals surface area contributed by atoms with Crippen molar-refractivity contribution in [1.82, 2.24) is 0 Å². The average Bonchev–Trinajstić information content (AvgIpc) is 2.54. The van der Waals surface area contributed by atoms with Crippen molar-refractivity contribution in [3.63, 3.8) is 0 Å². The molecule has 0 unspecified atom stereocenters. The van der Waals surface area contributed by atoms with Crippen LogP contribution in [0.2, 0.25) is 5.02 Å². The van der Waals surface area contributed by atoms with Crippen molar-refractivity contribution < 1.29 is 24.2 Å². The Morgan fingerprint density at radius 1 is 1.09 bits per heavy atom. The smallest absolute Gasteiger partial charge is 0.307 e. The zero-order chi connectivity index (χ0) is 17.0. The van der Waals surface area contributed by atoms with Gasteiger partial charge in [0, 0.05) is 10.6 Å². The molecule has 0 spiro atoms. The maximum absolute atomic E-state index is 12.9. The third kappa shape index (κ3) is 3.63.